The fraction of sp³-hybridized carbons (Fsp3) is 0.727. The van der Waals surface area contributed by atoms with E-state index in [1.165, 1.54) is 0 Å². The number of hydrogen-bond acceptors (Lipinski definition) is 9. The van der Waals surface area contributed by atoms with Gasteiger partial charge in [0.15, 0.2) is 11.5 Å². The zero-order valence-electron chi connectivity index (χ0n) is 27.0. The summed E-state index contributed by atoms with van der Waals surface area (Å²) < 4.78 is 28.8. The summed E-state index contributed by atoms with van der Waals surface area (Å²) in [6, 6.07) is 3.50. The topological polar surface area (TPSA) is 121 Å². The molecule has 0 spiro atoms. The molecule has 0 aromatic heterocycles. The van der Waals surface area contributed by atoms with Crippen molar-refractivity contribution in [2.75, 3.05) is 46.1 Å². The van der Waals surface area contributed by atoms with Gasteiger partial charge in [-0.25, -0.2) is 4.79 Å². The lowest BCUT2D eigenvalue weighted by atomic mass is 10.0. The van der Waals surface area contributed by atoms with Crippen LogP contribution in [0.1, 0.15) is 95.5 Å². The fourth-order valence-electron chi connectivity index (χ4n) is 4.47. The third-order valence-corrected chi connectivity index (χ3v) is 8.00. The van der Waals surface area contributed by atoms with E-state index in [4.69, 9.17) is 23.7 Å². The van der Waals surface area contributed by atoms with Crippen molar-refractivity contribution in [3.8, 4) is 11.5 Å². The van der Waals surface area contributed by atoms with Gasteiger partial charge in [-0.15, -0.1) is 0 Å². The second-order valence-electron chi connectivity index (χ2n) is 12.7. The molecule has 0 bridgehead atoms. The van der Waals surface area contributed by atoms with E-state index in [2.05, 4.69) is 24.5 Å². The Bertz CT molecular complexity index is 1080. The van der Waals surface area contributed by atoms with Crippen LogP contribution in [0.25, 0.3) is 0 Å². The van der Waals surface area contributed by atoms with Crippen molar-refractivity contribution in [1.29, 1.82) is 0 Å². The first-order valence-electron chi connectivity index (χ1n) is 15.9. The van der Waals surface area contributed by atoms with Crippen LogP contribution in [0.4, 0.5) is 0 Å². The van der Waals surface area contributed by atoms with Gasteiger partial charge in [0.25, 0.3) is 0 Å². The molecule has 0 radical (unpaired) electrons. The van der Waals surface area contributed by atoms with E-state index in [1.807, 2.05) is 33.8 Å². The largest absolute Gasteiger partial charge is 0.490 e. The lowest BCUT2D eigenvalue weighted by Gasteiger charge is -2.30. The number of rotatable bonds is 19. The van der Waals surface area contributed by atoms with E-state index in [9.17, 15) is 14.4 Å². The molecule has 1 saturated carbocycles. The number of carbonyl (C=O) groups excluding carboxylic acids is 3. The Kier molecular flexibility index (Phi) is 13.1. The average Bonchev–Trinajstić information content (AvgIpc) is 3.49. The number of unbranched alkanes of at least 4 members (excludes halogenated alkanes) is 2. The van der Waals surface area contributed by atoms with Crippen molar-refractivity contribution < 1.29 is 38.1 Å². The predicted octanol–water partition coefficient (Wildman–Crippen LogP) is 4.74. The van der Waals surface area contributed by atoms with Crippen LogP contribution in [0.3, 0.4) is 0 Å². The van der Waals surface area contributed by atoms with Crippen molar-refractivity contribution in [2.45, 2.75) is 98.1 Å². The van der Waals surface area contributed by atoms with E-state index in [0.717, 1.165) is 44.9 Å². The van der Waals surface area contributed by atoms with Crippen LogP contribution in [0, 0.1) is 18.3 Å². The molecule has 1 aliphatic heterocycles. The smallest absolute Gasteiger partial charge is 0.338 e. The number of carbonyl (C=O) groups is 3. The molecular formula is C33H52N2O8. The van der Waals surface area contributed by atoms with Crippen molar-refractivity contribution >= 4 is 17.8 Å². The Morgan fingerprint density at radius 3 is 2.30 bits per heavy atom. The molecular weight excluding hydrogens is 552 g/mol. The van der Waals surface area contributed by atoms with Crippen LogP contribution >= 0.6 is 0 Å². The second-order valence-corrected chi connectivity index (χ2v) is 12.7. The number of benzene rings is 1. The predicted molar refractivity (Wildman–Crippen MR) is 164 cm³/mol. The lowest BCUT2D eigenvalue weighted by Crippen LogP contribution is -2.53. The van der Waals surface area contributed by atoms with Crippen molar-refractivity contribution in [1.82, 2.24) is 10.6 Å². The standard InChI is InChI=1S/C33H52N2O8/c1-7-9-14-40-27-17-23(3)26(18-28(27)41-15-10-8-2)30(37)42-21-25(43-31(38)33(6)12-13-33)19-35-32(4,5)22-34-29(36)24-11-16-39-20-24/h17-18,24-25,35H,7-16,19-22H2,1-6H3,(H,34,36)/t24?,25-/m0/s1. The average molecular weight is 605 g/mol. The molecule has 10 nitrogen and oxygen atoms in total. The number of ether oxygens (including phenoxy) is 5. The maximum atomic E-state index is 13.3. The van der Waals surface area contributed by atoms with Crippen molar-refractivity contribution in [3.63, 3.8) is 0 Å². The number of hydrogen-bond donors (Lipinski definition) is 2. The monoisotopic (exact) mass is 604 g/mol. The molecule has 242 valence electrons. The summed E-state index contributed by atoms with van der Waals surface area (Å²) in [7, 11) is 0. The molecule has 43 heavy (non-hydrogen) atoms. The van der Waals surface area contributed by atoms with Gasteiger partial charge in [-0.1, -0.05) is 26.7 Å². The number of esters is 2. The Balaban J connectivity index is 1.64. The molecule has 3 rings (SSSR count). The molecule has 1 heterocycles. The number of amides is 1. The first-order valence-corrected chi connectivity index (χ1v) is 15.9. The maximum Gasteiger partial charge on any atom is 0.338 e. The Hall–Kier alpha value is -2.85. The van der Waals surface area contributed by atoms with Gasteiger partial charge >= 0.3 is 11.9 Å². The van der Waals surface area contributed by atoms with Gasteiger partial charge in [0.1, 0.15) is 12.7 Å². The summed E-state index contributed by atoms with van der Waals surface area (Å²) in [4.78, 5) is 38.6. The SMILES string of the molecule is CCCCOc1cc(C)c(C(=O)OC[C@H](CNC(C)(C)CNC(=O)C2CCOC2)OC(=O)C2(C)CC2)cc1OCCCC. The van der Waals surface area contributed by atoms with Crippen LogP contribution in [-0.4, -0.2) is 75.6 Å². The zero-order chi connectivity index (χ0) is 31.5. The van der Waals surface area contributed by atoms with Gasteiger partial charge in [0.2, 0.25) is 5.91 Å². The molecule has 2 N–H and O–H groups in total. The third-order valence-electron chi connectivity index (χ3n) is 8.00. The number of aryl methyl sites for hydroxylation is 1. The number of nitrogens with one attached hydrogen (secondary N) is 2. The molecule has 1 aromatic carbocycles. The highest BCUT2D eigenvalue weighted by Gasteiger charge is 2.47. The molecule has 1 aromatic rings. The first kappa shape index (κ1) is 34.6. The summed E-state index contributed by atoms with van der Waals surface area (Å²) in [6.45, 7) is 14.5. The van der Waals surface area contributed by atoms with E-state index >= 15 is 0 Å². The van der Waals surface area contributed by atoms with Gasteiger partial charge in [-0.05, 0) is 77.5 Å². The zero-order valence-corrected chi connectivity index (χ0v) is 27.0. The maximum absolute atomic E-state index is 13.3. The molecule has 1 saturated heterocycles. The van der Waals surface area contributed by atoms with Gasteiger partial charge in [-0.3, -0.25) is 9.59 Å². The van der Waals surface area contributed by atoms with Crippen molar-refractivity contribution in [3.05, 3.63) is 23.3 Å². The second kappa shape index (κ2) is 16.3. The summed E-state index contributed by atoms with van der Waals surface area (Å²) in [6.07, 6.45) is 5.38. The van der Waals surface area contributed by atoms with E-state index < -0.39 is 23.0 Å². The van der Waals surface area contributed by atoms with Crippen LogP contribution in [0.2, 0.25) is 0 Å². The van der Waals surface area contributed by atoms with Gasteiger partial charge in [0.05, 0.1) is 36.7 Å². The third kappa shape index (κ3) is 11.0. The fourth-order valence-corrected chi connectivity index (χ4v) is 4.47. The van der Waals surface area contributed by atoms with Gasteiger partial charge < -0.3 is 34.3 Å². The van der Waals surface area contributed by atoms with Crippen LogP contribution in [-0.2, 0) is 23.8 Å². The minimum Gasteiger partial charge on any atom is -0.490 e. The Morgan fingerprint density at radius 1 is 1.07 bits per heavy atom. The summed E-state index contributed by atoms with van der Waals surface area (Å²) in [5.74, 6) is 0.159. The molecule has 1 aliphatic carbocycles. The first-order chi connectivity index (χ1) is 20.5. The molecule has 10 heteroatoms. The van der Waals surface area contributed by atoms with Gasteiger partial charge in [-0.2, -0.15) is 0 Å². The minimum atomic E-state index is -0.704. The normalized spacial score (nSPS) is 18.0. The molecule has 2 fully saturated rings. The van der Waals surface area contributed by atoms with E-state index in [-0.39, 0.29) is 30.9 Å². The lowest BCUT2D eigenvalue weighted by molar-refractivity contribution is -0.157. The Morgan fingerprint density at radius 2 is 1.72 bits per heavy atom. The highest BCUT2D eigenvalue weighted by molar-refractivity contribution is 5.92. The van der Waals surface area contributed by atoms with Crippen LogP contribution < -0.4 is 20.1 Å². The van der Waals surface area contributed by atoms with Crippen LogP contribution in [0.15, 0.2) is 12.1 Å². The summed E-state index contributed by atoms with van der Waals surface area (Å²) in [5, 5.41) is 6.36. The summed E-state index contributed by atoms with van der Waals surface area (Å²) >= 11 is 0. The Labute approximate surface area is 256 Å². The highest BCUT2D eigenvalue weighted by atomic mass is 16.6. The van der Waals surface area contributed by atoms with E-state index in [0.29, 0.717) is 55.6 Å². The quantitative estimate of drug-likeness (QED) is 0.170. The van der Waals surface area contributed by atoms with E-state index in [1.54, 1.807) is 6.07 Å². The molecule has 2 aliphatic rings. The van der Waals surface area contributed by atoms with Crippen LogP contribution in [0.5, 0.6) is 11.5 Å². The summed E-state index contributed by atoms with van der Waals surface area (Å²) in [5.41, 5.74) is 0.105. The van der Waals surface area contributed by atoms with Crippen molar-refractivity contribution in [2.24, 2.45) is 11.3 Å². The molecule has 1 unspecified atom stereocenters. The highest BCUT2D eigenvalue weighted by Crippen LogP contribution is 2.46. The minimum absolute atomic E-state index is 0.0267. The molecule has 2 atom stereocenters. The van der Waals surface area contributed by atoms with Gasteiger partial charge in [0, 0.05) is 25.2 Å². The molecule has 1 amide bonds.